The Bertz CT molecular complexity index is 864. The van der Waals surface area contributed by atoms with Crippen LogP contribution in [-0.2, 0) is 0 Å². The molecule has 6 aliphatic rings. The highest BCUT2D eigenvalue weighted by Crippen LogP contribution is 2.67. The fraction of sp³-hybridized carbons (Fsp3) is 0.871. The first-order valence-electron chi connectivity index (χ1n) is 14.7. The Morgan fingerprint density at radius 1 is 1.00 bits per heavy atom. The zero-order chi connectivity index (χ0) is 23.3. The molecule has 2 heteroatoms. The summed E-state index contributed by atoms with van der Waals surface area (Å²) in [6.45, 7) is 14.3. The molecule has 0 aromatic carbocycles. The van der Waals surface area contributed by atoms with Crippen LogP contribution in [0.4, 0.5) is 0 Å². The zero-order valence-electron chi connectivity index (χ0n) is 22.8. The van der Waals surface area contributed by atoms with Gasteiger partial charge in [-0.15, -0.1) is 0 Å². The van der Waals surface area contributed by atoms with Gasteiger partial charge in [-0.2, -0.15) is 0 Å². The first kappa shape index (κ1) is 22.8. The van der Waals surface area contributed by atoms with Crippen molar-refractivity contribution in [2.45, 2.75) is 111 Å². The first-order valence-corrected chi connectivity index (χ1v) is 14.7. The lowest BCUT2D eigenvalue weighted by Gasteiger charge is -2.58. The van der Waals surface area contributed by atoms with Crippen LogP contribution in [0.2, 0.25) is 0 Å². The van der Waals surface area contributed by atoms with Crippen LogP contribution in [0.5, 0.6) is 0 Å². The van der Waals surface area contributed by atoms with E-state index in [0.717, 1.165) is 47.7 Å². The maximum absolute atomic E-state index is 2.84. The van der Waals surface area contributed by atoms with Crippen molar-refractivity contribution in [3.05, 3.63) is 22.8 Å². The molecule has 0 radical (unpaired) electrons. The SMILES string of the molecule is CC(C)=C1CC[NH+]2[C@@H]1C[C@@H](C)[C@H]1[C@@H]2C[C@H]2C3=CC[C@H]4C[C@H]([NH+](C)C)CC[C@]4(C)[C@H]3CC[C@]12C. The molecule has 2 aliphatic heterocycles. The smallest absolute Gasteiger partial charge is 0.110 e. The highest BCUT2D eigenvalue weighted by molar-refractivity contribution is 5.29. The minimum Gasteiger partial charge on any atom is -0.337 e. The van der Waals surface area contributed by atoms with Gasteiger partial charge in [0.25, 0.3) is 0 Å². The highest BCUT2D eigenvalue weighted by atomic mass is 15.2. The van der Waals surface area contributed by atoms with Crippen LogP contribution in [-0.4, -0.2) is 38.8 Å². The van der Waals surface area contributed by atoms with E-state index < -0.39 is 0 Å². The Balaban J connectivity index is 1.32. The normalized spacial score (nSPS) is 53.0. The van der Waals surface area contributed by atoms with Gasteiger partial charge < -0.3 is 9.80 Å². The van der Waals surface area contributed by atoms with Crippen LogP contribution < -0.4 is 9.80 Å². The van der Waals surface area contributed by atoms with Crippen LogP contribution >= 0.6 is 0 Å². The summed E-state index contributed by atoms with van der Waals surface area (Å²) in [5, 5.41) is 0. The zero-order valence-corrected chi connectivity index (χ0v) is 22.8. The lowest BCUT2D eigenvalue weighted by molar-refractivity contribution is -0.945. The lowest BCUT2D eigenvalue weighted by Crippen LogP contribution is -3.19. The van der Waals surface area contributed by atoms with Crippen molar-refractivity contribution in [3.8, 4) is 0 Å². The van der Waals surface area contributed by atoms with Crippen LogP contribution in [0.1, 0.15) is 92.4 Å². The van der Waals surface area contributed by atoms with E-state index in [-0.39, 0.29) is 0 Å². The molecule has 4 aliphatic carbocycles. The molecule has 2 saturated heterocycles. The van der Waals surface area contributed by atoms with Gasteiger partial charge >= 0.3 is 0 Å². The van der Waals surface area contributed by atoms with Gasteiger partial charge in [0.15, 0.2) is 0 Å². The lowest BCUT2D eigenvalue weighted by atomic mass is 9.47. The van der Waals surface area contributed by atoms with E-state index in [9.17, 15) is 0 Å². The van der Waals surface area contributed by atoms with Crippen molar-refractivity contribution in [3.63, 3.8) is 0 Å². The standard InChI is InChI=1S/C31H50N2/c1-19(2)23-12-15-33-27(23)16-20(3)29-28(33)18-26-24-9-8-21-17-22(32(6)7)10-13-30(21,4)25(24)11-14-31(26,29)5/h9,20-22,25-29H,8,10-18H2,1-7H3/p+2/t20-,21+,22-,25+,26+,27-,28+,29+,30+,31+/m1/s1. The second kappa shape index (κ2) is 7.70. The van der Waals surface area contributed by atoms with Crippen LogP contribution in [0.25, 0.3) is 0 Å². The molecule has 0 spiro atoms. The summed E-state index contributed by atoms with van der Waals surface area (Å²) in [6.07, 6.45) is 15.9. The molecule has 5 fully saturated rings. The van der Waals surface area contributed by atoms with E-state index in [0.29, 0.717) is 10.8 Å². The highest BCUT2D eigenvalue weighted by Gasteiger charge is 2.65. The molecule has 0 bridgehead atoms. The Morgan fingerprint density at radius 2 is 1.76 bits per heavy atom. The third-order valence-corrected chi connectivity index (χ3v) is 12.9. The maximum atomic E-state index is 2.84. The van der Waals surface area contributed by atoms with Crippen molar-refractivity contribution in [1.82, 2.24) is 0 Å². The van der Waals surface area contributed by atoms with Gasteiger partial charge in [-0.25, -0.2) is 0 Å². The number of fused-ring (bicyclic) bond motifs is 9. The largest absolute Gasteiger partial charge is 0.337 e. The van der Waals surface area contributed by atoms with E-state index in [1.807, 2.05) is 16.0 Å². The summed E-state index contributed by atoms with van der Waals surface area (Å²) in [7, 11) is 4.78. The van der Waals surface area contributed by atoms with Gasteiger partial charge in [-0.05, 0) is 86.0 Å². The monoisotopic (exact) mass is 452 g/mol. The molecule has 3 saturated carbocycles. The summed E-state index contributed by atoms with van der Waals surface area (Å²) in [6, 6.07) is 2.66. The number of hydrogen-bond donors (Lipinski definition) is 2. The molecule has 0 amide bonds. The molecule has 6 rings (SSSR count). The van der Waals surface area contributed by atoms with Crippen LogP contribution in [0.3, 0.4) is 0 Å². The molecule has 11 atom stereocenters. The molecule has 2 N–H and O–H groups in total. The van der Waals surface area contributed by atoms with E-state index in [2.05, 4.69) is 54.8 Å². The number of nitrogens with one attached hydrogen (secondary N) is 2. The fourth-order valence-electron chi connectivity index (χ4n) is 11.3. The third kappa shape index (κ3) is 3.11. The quantitative estimate of drug-likeness (QED) is 0.555. The second-order valence-electron chi connectivity index (χ2n) is 14.6. The summed E-state index contributed by atoms with van der Waals surface area (Å²) in [4.78, 5) is 3.70. The number of rotatable bonds is 1. The molecule has 2 nitrogen and oxygen atoms in total. The first-order chi connectivity index (χ1) is 15.6. The molecule has 2 heterocycles. The van der Waals surface area contributed by atoms with Crippen molar-refractivity contribution in [2.24, 2.45) is 40.4 Å². The van der Waals surface area contributed by atoms with E-state index in [1.165, 1.54) is 64.3 Å². The Morgan fingerprint density at radius 3 is 2.48 bits per heavy atom. The average Bonchev–Trinajstić information content (AvgIpc) is 3.32. The van der Waals surface area contributed by atoms with Gasteiger partial charge in [-0.1, -0.05) is 38.0 Å². The Hall–Kier alpha value is -0.600. The second-order valence-corrected chi connectivity index (χ2v) is 14.6. The predicted octanol–water partition coefficient (Wildman–Crippen LogP) is 4.09. The summed E-state index contributed by atoms with van der Waals surface area (Å²) < 4.78 is 0. The van der Waals surface area contributed by atoms with Gasteiger partial charge in [-0.3, -0.25) is 0 Å². The molecule has 184 valence electrons. The Kier molecular flexibility index (Phi) is 5.33. The predicted molar refractivity (Wildman–Crippen MR) is 137 cm³/mol. The summed E-state index contributed by atoms with van der Waals surface area (Å²) >= 11 is 0. The van der Waals surface area contributed by atoms with Crippen LogP contribution in [0.15, 0.2) is 22.8 Å². The Labute approximate surface area is 204 Å². The minimum absolute atomic E-state index is 0.562. The molecule has 1 unspecified atom stereocenters. The van der Waals surface area contributed by atoms with E-state index in [4.69, 9.17) is 0 Å². The third-order valence-electron chi connectivity index (χ3n) is 12.9. The van der Waals surface area contributed by atoms with Gasteiger partial charge in [0.1, 0.15) is 6.04 Å². The number of hydrogen-bond acceptors (Lipinski definition) is 0. The summed E-state index contributed by atoms with van der Waals surface area (Å²) in [5.74, 6) is 4.55. The van der Waals surface area contributed by atoms with Crippen molar-refractivity contribution < 1.29 is 9.80 Å². The van der Waals surface area contributed by atoms with Crippen LogP contribution in [0, 0.1) is 40.4 Å². The molecular weight excluding hydrogens is 400 g/mol. The van der Waals surface area contributed by atoms with Crippen molar-refractivity contribution in [1.29, 1.82) is 0 Å². The number of piperidine rings is 1. The number of quaternary nitrogens is 2. The van der Waals surface area contributed by atoms with Crippen molar-refractivity contribution in [2.75, 3.05) is 20.6 Å². The topological polar surface area (TPSA) is 8.88 Å². The maximum Gasteiger partial charge on any atom is 0.110 e. The molecule has 0 aromatic heterocycles. The van der Waals surface area contributed by atoms with Gasteiger partial charge in [0.05, 0.1) is 32.7 Å². The van der Waals surface area contributed by atoms with E-state index in [1.54, 1.807) is 10.5 Å². The molecular formula is C31H52N2+2. The van der Waals surface area contributed by atoms with E-state index >= 15 is 0 Å². The summed E-state index contributed by atoms with van der Waals surface area (Å²) in [5.41, 5.74) is 6.57. The average molecular weight is 453 g/mol. The van der Waals surface area contributed by atoms with Gasteiger partial charge in [0.2, 0.25) is 0 Å². The minimum atomic E-state index is 0.562. The number of allylic oxidation sites excluding steroid dienone is 3. The molecule has 0 aromatic rings. The van der Waals surface area contributed by atoms with Crippen molar-refractivity contribution >= 4 is 0 Å². The fourth-order valence-corrected chi connectivity index (χ4v) is 11.3. The molecule has 33 heavy (non-hydrogen) atoms. The van der Waals surface area contributed by atoms with Gasteiger partial charge in [0, 0.05) is 31.6 Å².